The number of halogens is 3. The van der Waals surface area contributed by atoms with E-state index in [1.165, 1.54) is 12.1 Å². The Morgan fingerprint density at radius 2 is 1.84 bits per heavy atom. The summed E-state index contributed by atoms with van der Waals surface area (Å²) in [5, 5.41) is 0.397. The summed E-state index contributed by atoms with van der Waals surface area (Å²) in [5.74, 6) is -0.304. The Morgan fingerprint density at radius 1 is 1.11 bits per heavy atom. The zero-order chi connectivity index (χ0) is 14.0. The predicted octanol–water partition coefficient (Wildman–Crippen LogP) is 4.02. The number of nitrogen functional groups attached to an aromatic ring is 1. The molecule has 0 aromatic heterocycles. The molecular formula is C13H10Cl2FNOS. The Kier molecular flexibility index (Phi) is 4.45. The van der Waals surface area contributed by atoms with Gasteiger partial charge in [-0.05, 0) is 35.9 Å². The lowest BCUT2D eigenvalue weighted by atomic mass is 10.2. The van der Waals surface area contributed by atoms with E-state index in [1.54, 1.807) is 24.3 Å². The smallest absolute Gasteiger partial charge is 0.141 e. The molecule has 0 saturated carbocycles. The van der Waals surface area contributed by atoms with Gasteiger partial charge in [0, 0.05) is 5.69 Å². The van der Waals surface area contributed by atoms with Crippen LogP contribution >= 0.6 is 23.2 Å². The zero-order valence-electron chi connectivity index (χ0n) is 9.70. The van der Waals surface area contributed by atoms with Crippen molar-refractivity contribution in [3.05, 3.63) is 57.8 Å². The van der Waals surface area contributed by atoms with E-state index < -0.39 is 16.6 Å². The quantitative estimate of drug-likeness (QED) is 0.869. The van der Waals surface area contributed by atoms with Crippen LogP contribution in [0, 0.1) is 5.82 Å². The molecule has 19 heavy (non-hydrogen) atoms. The van der Waals surface area contributed by atoms with Crippen LogP contribution in [0.3, 0.4) is 0 Å². The lowest BCUT2D eigenvalue weighted by Gasteiger charge is -2.06. The van der Waals surface area contributed by atoms with Gasteiger partial charge in [-0.1, -0.05) is 29.3 Å². The summed E-state index contributed by atoms with van der Waals surface area (Å²) in [6.45, 7) is 0. The highest BCUT2D eigenvalue weighted by Gasteiger charge is 2.11. The molecule has 0 radical (unpaired) electrons. The summed E-state index contributed by atoms with van der Waals surface area (Å²) in [6, 6.07) is 9.05. The standard InChI is InChI=1S/C13H10Cl2FNOS/c14-10-3-2-9(17)6-13(10)19(18)7-8-1-4-12(16)11(15)5-8/h1-6H,7,17H2. The van der Waals surface area contributed by atoms with Crippen molar-refractivity contribution in [1.82, 2.24) is 0 Å². The van der Waals surface area contributed by atoms with E-state index in [9.17, 15) is 8.60 Å². The van der Waals surface area contributed by atoms with Crippen LogP contribution < -0.4 is 5.73 Å². The fraction of sp³-hybridized carbons (Fsp3) is 0.0769. The second-order valence-electron chi connectivity index (χ2n) is 3.93. The van der Waals surface area contributed by atoms with E-state index in [-0.39, 0.29) is 10.8 Å². The Labute approximate surface area is 122 Å². The van der Waals surface area contributed by atoms with Gasteiger partial charge in [0.1, 0.15) is 5.82 Å². The molecule has 2 rings (SSSR count). The Bertz CT molecular complexity index is 649. The molecule has 6 heteroatoms. The third kappa shape index (κ3) is 3.47. The SMILES string of the molecule is Nc1ccc(Cl)c(S(=O)Cc2ccc(F)c(Cl)c2)c1. The van der Waals surface area contributed by atoms with Crippen LogP contribution in [0.5, 0.6) is 0 Å². The minimum absolute atomic E-state index is 0.00757. The van der Waals surface area contributed by atoms with Crippen LogP contribution in [0.1, 0.15) is 5.56 Å². The first-order valence-electron chi connectivity index (χ1n) is 5.34. The monoisotopic (exact) mass is 317 g/mol. The summed E-state index contributed by atoms with van der Waals surface area (Å²) < 4.78 is 25.2. The van der Waals surface area contributed by atoms with Crippen molar-refractivity contribution in [2.24, 2.45) is 0 Å². The van der Waals surface area contributed by atoms with Gasteiger partial charge in [0.2, 0.25) is 0 Å². The molecule has 0 bridgehead atoms. The van der Waals surface area contributed by atoms with Gasteiger partial charge in [-0.3, -0.25) is 4.21 Å². The first-order chi connectivity index (χ1) is 8.97. The largest absolute Gasteiger partial charge is 0.399 e. The Morgan fingerprint density at radius 3 is 2.53 bits per heavy atom. The second-order valence-corrected chi connectivity index (χ2v) is 6.16. The summed E-state index contributed by atoms with van der Waals surface area (Å²) >= 11 is 11.7. The van der Waals surface area contributed by atoms with Crippen LogP contribution in [0.2, 0.25) is 10.0 Å². The number of benzene rings is 2. The van der Waals surface area contributed by atoms with Crippen molar-refractivity contribution in [3.8, 4) is 0 Å². The third-order valence-corrected chi connectivity index (χ3v) is 4.64. The maximum Gasteiger partial charge on any atom is 0.141 e. The zero-order valence-corrected chi connectivity index (χ0v) is 12.0. The van der Waals surface area contributed by atoms with Gasteiger partial charge >= 0.3 is 0 Å². The molecule has 2 aromatic rings. The molecule has 2 N–H and O–H groups in total. The average Bonchev–Trinajstić information content (AvgIpc) is 2.36. The van der Waals surface area contributed by atoms with E-state index in [1.807, 2.05) is 0 Å². The third-order valence-electron chi connectivity index (χ3n) is 2.48. The van der Waals surface area contributed by atoms with E-state index in [4.69, 9.17) is 28.9 Å². The van der Waals surface area contributed by atoms with Crippen molar-refractivity contribution < 1.29 is 8.60 Å². The molecule has 1 unspecified atom stereocenters. The highest BCUT2D eigenvalue weighted by Crippen LogP contribution is 2.25. The molecule has 2 aromatic carbocycles. The molecule has 0 saturated heterocycles. The van der Waals surface area contributed by atoms with E-state index in [2.05, 4.69) is 0 Å². The Hall–Kier alpha value is -1.10. The van der Waals surface area contributed by atoms with Gasteiger partial charge in [-0.2, -0.15) is 0 Å². The fourth-order valence-electron chi connectivity index (χ4n) is 1.55. The van der Waals surface area contributed by atoms with Crippen LogP contribution in [0.15, 0.2) is 41.3 Å². The van der Waals surface area contributed by atoms with Crippen LogP contribution in [-0.2, 0) is 16.6 Å². The molecule has 2 nitrogen and oxygen atoms in total. The van der Waals surface area contributed by atoms with Crippen molar-refractivity contribution in [1.29, 1.82) is 0 Å². The highest BCUT2D eigenvalue weighted by molar-refractivity contribution is 7.84. The highest BCUT2D eigenvalue weighted by atomic mass is 35.5. The maximum atomic E-state index is 13.0. The fourth-order valence-corrected chi connectivity index (χ4v) is 3.32. The number of nitrogens with two attached hydrogens (primary N) is 1. The molecule has 0 aliphatic rings. The topological polar surface area (TPSA) is 43.1 Å². The maximum absolute atomic E-state index is 13.0. The van der Waals surface area contributed by atoms with Crippen LogP contribution in [-0.4, -0.2) is 4.21 Å². The number of hydrogen-bond acceptors (Lipinski definition) is 2. The number of hydrogen-bond donors (Lipinski definition) is 1. The molecule has 0 fully saturated rings. The minimum Gasteiger partial charge on any atom is -0.399 e. The average molecular weight is 318 g/mol. The van der Waals surface area contributed by atoms with Gasteiger partial charge in [0.25, 0.3) is 0 Å². The summed E-state index contributed by atoms with van der Waals surface area (Å²) in [7, 11) is -1.36. The number of rotatable bonds is 3. The normalized spacial score (nSPS) is 12.4. The summed E-state index contributed by atoms with van der Waals surface area (Å²) in [6.07, 6.45) is 0. The van der Waals surface area contributed by atoms with Gasteiger partial charge < -0.3 is 5.73 Å². The van der Waals surface area contributed by atoms with Gasteiger partial charge in [0.05, 0.1) is 31.5 Å². The molecule has 100 valence electrons. The van der Waals surface area contributed by atoms with Crippen molar-refractivity contribution in [2.45, 2.75) is 10.6 Å². The lowest BCUT2D eigenvalue weighted by Crippen LogP contribution is -1.99. The molecule has 0 amide bonds. The molecule has 0 heterocycles. The summed E-state index contributed by atoms with van der Waals surface area (Å²) in [4.78, 5) is 0.460. The van der Waals surface area contributed by atoms with E-state index >= 15 is 0 Å². The van der Waals surface area contributed by atoms with E-state index in [0.717, 1.165) is 0 Å². The first kappa shape index (κ1) is 14.3. The number of anilines is 1. The van der Waals surface area contributed by atoms with Crippen molar-refractivity contribution in [2.75, 3.05) is 5.73 Å². The first-order valence-corrected chi connectivity index (χ1v) is 7.42. The summed E-state index contributed by atoms with van der Waals surface area (Å²) in [5.41, 5.74) is 6.80. The molecule has 1 atom stereocenters. The van der Waals surface area contributed by atoms with Gasteiger partial charge in [-0.25, -0.2) is 4.39 Å². The van der Waals surface area contributed by atoms with Gasteiger partial charge in [0.15, 0.2) is 0 Å². The molecular weight excluding hydrogens is 308 g/mol. The van der Waals surface area contributed by atoms with Crippen molar-refractivity contribution >= 4 is 39.7 Å². The molecule has 0 aliphatic heterocycles. The Balaban J connectivity index is 2.25. The molecule has 0 aliphatic carbocycles. The van der Waals surface area contributed by atoms with Gasteiger partial charge in [-0.15, -0.1) is 0 Å². The van der Waals surface area contributed by atoms with Crippen LogP contribution in [0.4, 0.5) is 10.1 Å². The van der Waals surface area contributed by atoms with Crippen molar-refractivity contribution in [3.63, 3.8) is 0 Å². The molecule has 0 spiro atoms. The second kappa shape index (κ2) is 5.90. The predicted molar refractivity (Wildman–Crippen MR) is 77.4 cm³/mol. The van der Waals surface area contributed by atoms with Crippen LogP contribution in [0.25, 0.3) is 0 Å². The van der Waals surface area contributed by atoms with E-state index in [0.29, 0.717) is 21.2 Å². The lowest BCUT2D eigenvalue weighted by molar-refractivity contribution is 0.627. The minimum atomic E-state index is -1.36.